The van der Waals surface area contributed by atoms with E-state index in [0.29, 0.717) is 5.69 Å². The van der Waals surface area contributed by atoms with E-state index in [9.17, 15) is 9.59 Å². The van der Waals surface area contributed by atoms with Crippen LogP contribution >= 0.6 is 15.9 Å². The van der Waals surface area contributed by atoms with Gasteiger partial charge in [-0.15, -0.1) is 0 Å². The largest absolute Gasteiger partial charge is 0.287 e. The van der Waals surface area contributed by atoms with Crippen LogP contribution in [0.3, 0.4) is 0 Å². The number of nitrogens with zero attached hydrogens (tertiary/aromatic N) is 1. The normalized spacial score (nSPS) is 10.3. The molecule has 0 aliphatic rings. The molecule has 2 aromatic carbocycles. The number of aromatic nitrogens is 2. The quantitative estimate of drug-likeness (QED) is 0.590. The summed E-state index contributed by atoms with van der Waals surface area (Å²) in [4.78, 5) is 24.0. The van der Waals surface area contributed by atoms with E-state index < -0.39 is 5.91 Å². The summed E-state index contributed by atoms with van der Waals surface area (Å²) >= 11 is 3.34. The number of hydrazine groups is 1. The van der Waals surface area contributed by atoms with Crippen LogP contribution in [-0.4, -0.2) is 22.0 Å². The highest BCUT2D eigenvalue weighted by molar-refractivity contribution is 9.10. The molecule has 3 rings (SSSR count). The molecule has 0 spiro atoms. The van der Waals surface area contributed by atoms with Crippen molar-refractivity contribution >= 4 is 27.7 Å². The fraction of sp³-hybridized carbons (Fsp3) is 0.0556. The van der Waals surface area contributed by atoms with Gasteiger partial charge < -0.3 is 0 Å². The highest BCUT2D eigenvalue weighted by Gasteiger charge is 2.12. The molecule has 7 heteroatoms. The van der Waals surface area contributed by atoms with Crippen LogP contribution in [0.15, 0.2) is 65.1 Å². The molecule has 1 heterocycles. The maximum atomic E-state index is 12.1. The zero-order valence-electron chi connectivity index (χ0n) is 13.1. The molecule has 0 bridgehead atoms. The van der Waals surface area contributed by atoms with Crippen molar-refractivity contribution in [3.63, 3.8) is 0 Å². The lowest BCUT2D eigenvalue weighted by Gasteiger charge is -2.06. The Balaban J connectivity index is 1.55. The van der Waals surface area contributed by atoms with E-state index in [0.717, 1.165) is 15.6 Å². The number of H-pyrrole nitrogens is 1. The van der Waals surface area contributed by atoms with Gasteiger partial charge in [0.15, 0.2) is 0 Å². The van der Waals surface area contributed by atoms with Gasteiger partial charge in [-0.2, -0.15) is 5.10 Å². The fourth-order valence-corrected chi connectivity index (χ4v) is 2.48. The van der Waals surface area contributed by atoms with Crippen LogP contribution in [-0.2, 0) is 11.2 Å². The number of benzene rings is 2. The van der Waals surface area contributed by atoms with Crippen molar-refractivity contribution in [2.45, 2.75) is 6.42 Å². The Morgan fingerprint density at radius 1 is 1.00 bits per heavy atom. The summed E-state index contributed by atoms with van der Waals surface area (Å²) in [6.07, 6.45) is 0.172. The van der Waals surface area contributed by atoms with E-state index in [1.807, 2.05) is 54.6 Å². The van der Waals surface area contributed by atoms with Crippen LogP contribution in [0, 0.1) is 0 Å². The lowest BCUT2D eigenvalue weighted by atomic mass is 10.1. The second-order valence-electron chi connectivity index (χ2n) is 5.34. The van der Waals surface area contributed by atoms with Gasteiger partial charge in [-0.1, -0.05) is 58.4 Å². The molecular weight excluding hydrogens is 384 g/mol. The molecule has 0 fully saturated rings. The van der Waals surface area contributed by atoms with Crippen LogP contribution in [0.4, 0.5) is 0 Å². The third kappa shape index (κ3) is 4.54. The number of nitrogens with one attached hydrogen (secondary N) is 3. The molecule has 0 atom stereocenters. The molecule has 126 valence electrons. The van der Waals surface area contributed by atoms with Crippen molar-refractivity contribution in [3.05, 3.63) is 76.4 Å². The minimum absolute atomic E-state index is 0.172. The standard InChI is InChI=1S/C18H15BrN4O2/c19-14-8-6-12(7-9-14)10-17(24)22-23-18(25)16-11-15(20-21-16)13-4-2-1-3-5-13/h1-9,11H,10H2,(H,20,21)(H,22,24)(H,23,25). The first-order valence-corrected chi connectivity index (χ1v) is 8.35. The minimum atomic E-state index is -0.459. The van der Waals surface area contributed by atoms with Gasteiger partial charge in [0, 0.05) is 10.0 Å². The third-order valence-electron chi connectivity index (χ3n) is 3.49. The average molecular weight is 399 g/mol. The zero-order chi connectivity index (χ0) is 17.6. The smallest absolute Gasteiger partial charge is 0.273 e. The molecule has 25 heavy (non-hydrogen) atoms. The monoisotopic (exact) mass is 398 g/mol. The van der Waals surface area contributed by atoms with Gasteiger partial charge in [0.1, 0.15) is 5.69 Å². The van der Waals surface area contributed by atoms with Gasteiger partial charge in [0.05, 0.1) is 12.1 Å². The van der Waals surface area contributed by atoms with E-state index in [2.05, 4.69) is 37.0 Å². The molecule has 6 nitrogen and oxygen atoms in total. The summed E-state index contributed by atoms with van der Waals surface area (Å²) in [7, 11) is 0. The molecule has 3 aromatic rings. The maximum absolute atomic E-state index is 12.1. The summed E-state index contributed by atoms with van der Waals surface area (Å²) in [6, 6.07) is 18.5. The number of carbonyl (C=O) groups excluding carboxylic acids is 2. The van der Waals surface area contributed by atoms with Gasteiger partial charge in [0.25, 0.3) is 5.91 Å². The predicted octanol–water partition coefficient (Wildman–Crippen LogP) is 2.84. The van der Waals surface area contributed by atoms with Gasteiger partial charge in [-0.3, -0.25) is 25.5 Å². The average Bonchev–Trinajstić information content (AvgIpc) is 3.13. The summed E-state index contributed by atoms with van der Waals surface area (Å²) in [5, 5.41) is 6.77. The summed E-state index contributed by atoms with van der Waals surface area (Å²) in [6.45, 7) is 0. The second kappa shape index (κ2) is 7.76. The topological polar surface area (TPSA) is 86.9 Å². The molecule has 0 radical (unpaired) electrons. The lowest BCUT2D eigenvalue weighted by molar-refractivity contribution is -0.121. The molecular formula is C18H15BrN4O2. The Labute approximate surface area is 152 Å². The van der Waals surface area contributed by atoms with E-state index in [-0.39, 0.29) is 18.0 Å². The van der Waals surface area contributed by atoms with Crippen molar-refractivity contribution in [1.29, 1.82) is 0 Å². The number of halogens is 1. The highest BCUT2D eigenvalue weighted by atomic mass is 79.9. The summed E-state index contributed by atoms with van der Waals surface area (Å²) in [5.74, 6) is -0.766. The zero-order valence-corrected chi connectivity index (χ0v) is 14.7. The Kier molecular flexibility index (Phi) is 5.25. The summed E-state index contributed by atoms with van der Waals surface area (Å²) < 4.78 is 0.943. The Hall–Kier alpha value is -2.93. The fourth-order valence-electron chi connectivity index (χ4n) is 2.22. The van der Waals surface area contributed by atoms with Crippen molar-refractivity contribution in [2.75, 3.05) is 0 Å². The third-order valence-corrected chi connectivity index (χ3v) is 4.01. The lowest BCUT2D eigenvalue weighted by Crippen LogP contribution is -2.42. The van der Waals surface area contributed by atoms with E-state index >= 15 is 0 Å². The molecule has 0 unspecified atom stereocenters. The first-order chi connectivity index (χ1) is 12.1. The molecule has 2 amide bonds. The first-order valence-electron chi connectivity index (χ1n) is 7.56. The number of carbonyl (C=O) groups is 2. The molecule has 3 N–H and O–H groups in total. The van der Waals surface area contributed by atoms with Crippen molar-refractivity contribution in [1.82, 2.24) is 21.0 Å². The van der Waals surface area contributed by atoms with Crippen LogP contribution < -0.4 is 10.9 Å². The summed E-state index contributed by atoms with van der Waals surface area (Å²) in [5.41, 5.74) is 7.45. The maximum Gasteiger partial charge on any atom is 0.287 e. The molecule has 0 saturated heterocycles. The van der Waals surface area contributed by atoms with Crippen molar-refractivity contribution in [3.8, 4) is 11.3 Å². The van der Waals surface area contributed by atoms with E-state index in [1.54, 1.807) is 6.07 Å². The second-order valence-corrected chi connectivity index (χ2v) is 6.25. The SMILES string of the molecule is O=C(Cc1ccc(Br)cc1)NNC(=O)c1cc(-c2ccccc2)n[nH]1. The van der Waals surface area contributed by atoms with Gasteiger partial charge in [-0.05, 0) is 23.8 Å². The van der Waals surface area contributed by atoms with Crippen molar-refractivity contribution < 1.29 is 9.59 Å². The molecule has 0 aliphatic heterocycles. The first kappa shape index (κ1) is 16.9. The highest BCUT2D eigenvalue weighted by Crippen LogP contribution is 2.16. The van der Waals surface area contributed by atoms with Crippen LogP contribution in [0.25, 0.3) is 11.3 Å². The number of hydrogen-bond donors (Lipinski definition) is 3. The van der Waals surface area contributed by atoms with Gasteiger partial charge in [0.2, 0.25) is 5.91 Å². The van der Waals surface area contributed by atoms with E-state index in [4.69, 9.17) is 0 Å². The van der Waals surface area contributed by atoms with Gasteiger partial charge in [-0.25, -0.2) is 0 Å². The number of aromatic amines is 1. The predicted molar refractivity (Wildman–Crippen MR) is 97.5 cm³/mol. The molecule has 1 aromatic heterocycles. The van der Waals surface area contributed by atoms with E-state index in [1.165, 1.54) is 0 Å². The molecule has 0 saturated carbocycles. The van der Waals surface area contributed by atoms with Crippen LogP contribution in [0.1, 0.15) is 16.1 Å². The number of rotatable bonds is 4. The number of hydrogen-bond acceptors (Lipinski definition) is 3. The van der Waals surface area contributed by atoms with Gasteiger partial charge >= 0.3 is 0 Å². The Bertz CT molecular complexity index is 876. The molecule has 0 aliphatic carbocycles. The minimum Gasteiger partial charge on any atom is -0.273 e. The van der Waals surface area contributed by atoms with Crippen LogP contribution in [0.2, 0.25) is 0 Å². The van der Waals surface area contributed by atoms with Crippen molar-refractivity contribution in [2.24, 2.45) is 0 Å². The Morgan fingerprint density at radius 3 is 2.44 bits per heavy atom. The van der Waals surface area contributed by atoms with Crippen LogP contribution in [0.5, 0.6) is 0 Å². The number of amides is 2. The Morgan fingerprint density at radius 2 is 1.72 bits per heavy atom.